The molecule has 138 valence electrons. The Kier molecular flexibility index (Phi) is 5.10. The smallest absolute Gasteiger partial charge is 0.281 e. The summed E-state index contributed by atoms with van der Waals surface area (Å²) < 4.78 is 132. The second-order valence-electron chi connectivity index (χ2n) is 5.04. The maximum Gasteiger partial charge on any atom is 0.439 e. The highest BCUT2D eigenvalue weighted by Crippen LogP contribution is 2.51. The van der Waals surface area contributed by atoms with Crippen molar-refractivity contribution in [3.63, 3.8) is 0 Å². The Morgan fingerprint density at radius 1 is 0.957 bits per heavy atom. The maximum absolute atomic E-state index is 13.7. The molecule has 1 atom stereocenters. The van der Waals surface area contributed by atoms with E-state index >= 15 is 0 Å². The first-order valence-electron chi connectivity index (χ1n) is 6.13. The molecule has 1 saturated heterocycles. The predicted octanol–water partition coefficient (Wildman–Crippen LogP) is 1.90. The van der Waals surface area contributed by atoms with Gasteiger partial charge in [-0.05, 0) is 19.8 Å². The Morgan fingerprint density at radius 3 is 1.83 bits per heavy atom. The summed E-state index contributed by atoms with van der Waals surface area (Å²) in [5.41, 5.74) is 0. The Hall–Kier alpha value is -0.600. The second kappa shape index (κ2) is 5.74. The van der Waals surface area contributed by atoms with Crippen molar-refractivity contribution in [1.82, 2.24) is 4.31 Å². The zero-order chi connectivity index (χ0) is 18.5. The number of rotatable bonds is 5. The SMILES string of the molecule is CC1CCCCN1S(=O)(=O)C(F)(F)C(F)(F)C(F)(F)S(=O)(=O)O. The number of halogens is 6. The van der Waals surface area contributed by atoms with Crippen molar-refractivity contribution in [2.45, 2.75) is 48.7 Å². The van der Waals surface area contributed by atoms with Crippen molar-refractivity contribution in [3.05, 3.63) is 0 Å². The third-order valence-electron chi connectivity index (χ3n) is 3.43. The van der Waals surface area contributed by atoms with Crippen LogP contribution >= 0.6 is 0 Å². The molecule has 1 unspecified atom stereocenters. The van der Waals surface area contributed by atoms with E-state index in [1.807, 2.05) is 0 Å². The molecule has 0 aromatic heterocycles. The van der Waals surface area contributed by atoms with Crippen LogP contribution in [0.15, 0.2) is 0 Å². The van der Waals surface area contributed by atoms with Crippen LogP contribution in [0.4, 0.5) is 26.3 Å². The summed E-state index contributed by atoms with van der Waals surface area (Å²) in [6, 6.07) is -1.16. The van der Waals surface area contributed by atoms with Crippen LogP contribution in [0.1, 0.15) is 26.2 Å². The van der Waals surface area contributed by atoms with Crippen LogP contribution < -0.4 is 0 Å². The molecule has 0 saturated carbocycles. The molecular formula is C9H13F6NO5S2. The van der Waals surface area contributed by atoms with E-state index in [2.05, 4.69) is 0 Å². The van der Waals surface area contributed by atoms with E-state index in [0.29, 0.717) is 6.42 Å². The van der Waals surface area contributed by atoms with Crippen LogP contribution in [0.25, 0.3) is 0 Å². The van der Waals surface area contributed by atoms with E-state index in [1.165, 1.54) is 0 Å². The number of hydrogen-bond donors (Lipinski definition) is 1. The number of hydrogen-bond acceptors (Lipinski definition) is 4. The number of sulfonamides is 1. The number of alkyl halides is 6. The van der Waals surface area contributed by atoms with Gasteiger partial charge in [-0.2, -0.15) is 39.1 Å². The fourth-order valence-corrected chi connectivity index (χ4v) is 4.28. The predicted molar refractivity (Wildman–Crippen MR) is 65.3 cm³/mol. The summed E-state index contributed by atoms with van der Waals surface area (Å²) >= 11 is 0. The molecule has 0 aromatic carbocycles. The molecule has 0 spiro atoms. The molecule has 0 amide bonds. The first kappa shape index (κ1) is 20.4. The Balaban J connectivity index is 3.44. The quantitative estimate of drug-likeness (QED) is 0.569. The fraction of sp³-hybridized carbons (Fsp3) is 1.00. The average molecular weight is 393 g/mol. The zero-order valence-electron chi connectivity index (χ0n) is 11.5. The maximum atomic E-state index is 13.7. The molecule has 1 N–H and O–H groups in total. The van der Waals surface area contributed by atoms with Gasteiger partial charge < -0.3 is 0 Å². The molecule has 0 bridgehead atoms. The van der Waals surface area contributed by atoms with E-state index in [0.717, 1.165) is 6.92 Å². The average Bonchev–Trinajstić information content (AvgIpc) is 2.36. The molecule has 6 nitrogen and oxygen atoms in total. The molecule has 1 fully saturated rings. The van der Waals surface area contributed by atoms with E-state index in [1.54, 1.807) is 0 Å². The Labute approximate surface area is 128 Å². The van der Waals surface area contributed by atoms with Crippen molar-refractivity contribution in [1.29, 1.82) is 0 Å². The molecule has 1 rings (SSSR count). The third-order valence-corrected chi connectivity index (χ3v) is 6.40. The van der Waals surface area contributed by atoms with Crippen LogP contribution in [0.5, 0.6) is 0 Å². The van der Waals surface area contributed by atoms with Gasteiger partial charge in [0, 0.05) is 12.6 Å². The van der Waals surface area contributed by atoms with Crippen molar-refractivity contribution in [2.75, 3.05) is 6.54 Å². The largest absolute Gasteiger partial charge is 0.439 e. The fourth-order valence-electron chi connectivity index (χ4n) is 2.07. The summed E-state index contributed by atoms with van der Waals surface area (Å²) in [5, 5.41) is -13.2. The first-order valence-corrected chi connectivity index (χ1v) is 9.01. The number of piperidine rings is 1. The molecule has 23 heavy (non-hydrogen) atoms. The minimum atomic E-state index is -6.99. The molecule has 0 radical (unpaired) electrons. The summed E-state index contributed by atoms with van der Waals surface area (Å²) in [5.74, 6) is -6.89. The normalized spacial score (nSPS) is 23.0. The second-order valence-corrected chi connectivity index (χ2v) is 8.44. The minimum absolute atomic E-state index is 0.0373. The number of nitrogens with zero attached hydrogens (tertiary/aromatic N) is 1. The van der Waals surface area contributed by atoms with Crippen LogP contribution in [0.2, 0.25) is 0 Å². The standard InChI is InChI=1S/C9H13F6NO5S2/c1-6-4-2-3-5-16(6)22(17,18)8(12,13)7(10,11)9(14,15)23(19,20)21/h6H,2-5H2,1H3,(H,19,20,21). The molecule has 1 aliphatic rings. The molecule has 1 heterocycles. The highest BCUT2D eigenvalue weighted by Gasteiger charge is 2.82. The van der Waals surface area contributed by atoms with Gasteiger partial charge in [-0.1, -0.05) is 6.42 Å². The monoisotopic (exact) mass is 393 g/mol. The van der Waals surface area contributed by atoms with Gasteiger partial charge in [0.2, 0.25) is 0 Å². The highest BCUT2D eigenvalue weighted by molar-refractivity contribution is 7.90. The minimum Gasteiger partial charge on any atom is -0.281 e. The van der Waals surface area contributed by atoms with Gasteiger partial charge in [0.15, 0.2) is 0 Å². The van der Waals surface area contributed by atoms with Gasteiger partial charge >= 0.3 is 26.5 Å². The topological polar surface area (TPSA) is 91.8 Å². The van der Waals surface area contributed by atoms with Crippen molar-refractivity contribution < 1.29 is 47.7 Å². The van der Waals surface area contributed by atoms with Gasteiger partial charge in [0.05, 0.1) is 0 Å². The van der Waals surface area contributed by atoms with Crippen LogP contribution in [0.3, 0.4) is 0 Å². The van der Waals surface area contributed by atoms with Gasteiger partial charge in [0.1, 0.15) is 0 Å². The van der Waals surface area contributed by atoms with E-state index in [9.17, 15) is 43.2 Å². The first-order chi connectivity index (χ1) is 10.0. The lowest BCUT2D eigenvalue weighted by atomic mass is 10.1. The highest BCUT2D eigenvalue weighted by atomic mass is 32.2. The van der Waals surface area contributed by atoms with Gasteiger partial charge in [-0.15, -0.1) is 0 Å². The van der Waals surface area contributed by atoms with Crippen molar-refractivity contribution in [3.8, 4) is 0 Å². The van der Waals surface area contributed by atoms with E-state index in [-0.39, 0.29) is 17.1 Å². The summed E-state index contributed by atoms with van der Waals surface area (Å²) in [6.07, 6.45) is 0.492. The van der Waals surface area contributed by atoms with Crippen molar-refractivity contribution in [2.24, 2.45) is 0 Å². The summed E-state index contributed by atoms with van der Waals surface area (Å²) in [4.78, 5) is 0. The van der Waals surface area contributed by atoms with E-state index in [4.69, 9.17) is 4.55 Å². The lowest BCUT2D eigenvalue weighted by Gasteiger charge is -2.37. The van der Waals surface area contributed by atoms with Crippen LogP contribution in [-0.4, -0.2) is 54.7 Å². The molecular weight excluding hydrogens is 380 g/mol. The van der Waals surface area contributed by atoms with Crippen LogP contribution in [-0.2, 0) is 20.1 Å². The lowest BCUT2D eigenvalue weighted by Crippen LogP contribution is -2.64. The van der Waals surface area contributed by atoms with Crippen LogP contribution in [0, 0.1) is 0 Å². The molecule has 0 aromatic rings. The molecule has 14 heteroatoms. The Morgan fingerprint density at radius 2 is 1.43 bits per heavy atom. The van der Waals surface area contributed by atoms with Crippen molar-refractivity contribution >= 4 is 20.1 Å². The lowest BCUT2D eigenvalue weighted by molar-refractivity contribution is -0.247. The Bertz CT molecular complexity index is 662. The van der Waals surface area contributed by atoms with Gasteiger partial charge in [-0.3, -0.25) is 4.55 Å². The molecule has 0 aliphatic carbocycles. The van der Waals surface area contributed by atoms with E-state index < -0.39 is 49.2 Å². The summed E-state index contributed by atoms with van der Waals surface area (Å²) in [6.45, 7) is 0.512. The zero-order valence-corrected chi connectivity index (χ0v) is 13.2. The third kappa shape index (κ3) is 2.93. The van der Waals surface area contributed by atoms with Gasteiger partial charge in [-0.25, -0.2) is 8.42 Å². The molecule has 1 aliphatic heterocycles. The van der Waals surface area contributed by atoms with Gasteiger partial charge in [0.25, 0.3) is 10.0 Å². The summed E-state index contributed by atoms with van der Waals surface area (Å²) in [7, 11) is -13.3.